The molecule has 0 bridgehead atoms. The average molecular weight is 1090 g/mol. The number of hydrogen-bond acceptors (Lipinski definition) is 3. The van der Waals surface area contributed by atoms with Gasteiger partial charge in [-0.15, -0.1) is 53.1 Å². The van der Waals surface area contributed by atoms with Gasteiger partial charge in [0.1, 0.15) is 0 Å². The van der Waals surface area contributed by atoms with E-state index in [0.29, 0.717) is 0 Å². The van der Waals surface area contributed by atoms with Gasteiger partial charge in [-0.3, -0.25) is 9.36 Å². The molecule has 0 N–H and O–H groups in total. The van der Waals surface area contributed by atoms with Crippen LogP contribution in [0.3, 0.4) is 0 Å². The van der Waals surface area contributed by atoms with Gasteiger partial charge in [0.15, 0.2) is 0 Å². The summed E-state index contributed by atoms with van der Waals surface area (Å²) in [6.45, 7) is 0. The SMILES string of the molecule is [Ir+3].[c-]1cc(-c2ccccc2-c2cc(-c3ccccc3-c3c[c-]c(-n4cccn4)cc3)cc(-c3ccccc3-c3c[c-]c(-n4cccn4)cc3)c2)ccc1-c1cc(-c2ccc(-c3ccccc3)cc2)ccn1. The molecule has 0 aliphatic heterocycles. The summed E-state index contributed by atoms with van der Waals surface area (Å²) in [4.78, 5) is 4.79. The Bertz CT molecular complexity index is 3580. The Morgan fingerprint density at radius 1 is 0.296 bits per heavy atom. The second kappa shape index (κ2) is 20.0. The van der Waals surface area contributed by atoms with E-state index in [1.807, 2.05) is 46.2 Å². The fraction of sp³-hybridized carbons (Fsp3) is 0. The fourth-order valence-corrected chi connectivity index (χ4v) is 9.32. The van der Waals surface area contributed by atoms with Crippen molar-refractivity contribution in [3.63, 3.8) is 0 Å². The number of hydrogen-bond donors (Lipinski definition) is 0. The molecule has 0 spiro atoms. The van der Waals surface area contributed by atoms with Crippen LogP contribution in [0.25, 0.3) is 112 Å². The zero-order chi connectivity index (χ0) is 46.6. The van der Waals surface area contributed by atoms with Crippen molar-refractivity contribution in [3.8, 4) is 112 Å². The predicted octanol–water partition coefficient (Wildman–Crippen LogP) is 15.9. The number of pyridine rings is 1. The summed E-state index contributed by atoms with van der Waals surface area (Å²) in [6, 6.07) is 89.7. The summed E-state index contributed by atoms with van der Waals surface area (Å²) in [6.07, 6.45) is 9.32. The summed E-state index contributed by atoms with van der Waals surface area (Å²) in [5, 5.41) is 8.84. The Labute approximate surface area is 427 Å². The summed E-state index contributed by atoms with van der Waals surface area (Å²) < 4.78 is 3.66. The molecule has 3 heterocycles. The van der Waals surface area contributed by atoms with Crippen LogP contribution in [0.5, 0.6) is 0 Å². The molecule has 0 fully saturated rings. The molecule has 0 saturated heterocycles. The maximum Gasteiger partial charge on any atom is 3.00 e. The van der Waals surface area contributed by atoms with Crippen molar-refractivity contribution in [2.45, 2.75) is 0 Å². The van der Waals surface area contributed by atoms with E-state index in [2.05, 4.69) is 235 Å². The van der Waals surface area contributed by atoms with Gasteiger partial charge in [0.25, 0.3) is 0 Å². The topological polar surface area (TPSA) is 48.5 Å². The van der Waals surface area contributed by atoms with E-state index in [4.69, 9.17) is 4.98 Å². The van der Waals surface area contributed by atoms with Crippen LogP contribution in [0.2, 0.25) is 0 Å². The van der Waals surface area contributed by atoms with Gasteiger partial charge in [-0.1, -0.05) is 156 Å². The molecule has 0 radical (unpaired) electrons. The Morgan fingerprint density at radius 3 is 1.10 bits per heavy atom. The maximum absolute atomic E-state index is 4.79. The van der Waals surface area contributed by atoms with Crippen molar-refractivity contribution < 1.29 is 20.1 Å². The van der Waals surface area contributed by atoms with Crippen LogP contribution in [0, 0.1) is 18.2 Å². The van der Waals surface area contributed by atoms with Gasteiger partial charge >= 0.3 is 20.1 Å². The van der Waals surface area contributed by atoms with Gasteiger partial charge in [-0.05, 0) is 109 Å². The summed E-state index contributed by atoms with van der Waals surface area (Å²) in [7, 11) is 0. The van der Waals surface area contributed by atoms with Crippen molar-refractivity contribution in [1.82, 2.24) is 24.5 Å². The number of benzene rings is 9. The van der Waals surface area contributed by atoms with Crippen molar-refractivity contribution >= 4 is 0 Å². The van der Waals surface area contributed by atoms with E-state index in [1.54, 1.807) is 12.4 Å². The fourth-order valence-electron chi connectivity index (χ4n) is 9.32. The first-order valence-corrected chi connectivity index (χ1v) is 23.3. The molecule has 6 heteroatoms. The van der Waals surface area contributed by atoms with E-state index in [1.165, 1.54) is 11.1 Å². The molecule has 12 rings (SSSR count). The Hall–Kier alpha value is -8.80. The first kappa shape index (κ1) is 44.7. The Morgan fingerprint density at radius 2 is 0.690 bits per heavy atom. The maximum atomic E-state index is 4.79. The van der Waals surface area contributed by atoms with E-state index < -0.39 is 0 Å². The molecule has 12 aromatic rings. The minimum Gasteiger partial charge on any atom is -0.305 e. The monoisotopic (exact) mass is 1090 g/mol. The first-order valence-electron chi connectivity index (χ1n) is 23.3. The van der Waals surface area contributed by atoms with E-state index in [9.17, 15) is 0 Å². The number of aromatic nitrogens is 5. The molecule has 0 unspecified atom stereocenters. The van der Waals surface area contributed by atoms with E-state index in [0.717, 1.165) is 101 Å². The minimum absolute atomic E-state index is 0. The van der Waals surface area contributed by atoms with Gasteiger partial charge < -0.3 is 4.98 Å². The van der Waals surface area contributed by atoms with Gasteiger partial charge in [-0.25, -0.2) is 0 Å². The molecule has 0 atom stereocenters. The zero-order valence-electron chi connectivity index (χ0n) is 38.3. The number of nitrogens with zero attached hydrogens (tertiary/aromatic N) is 5. The third kappa shape index (κ3) is 9.26. The van der Waals surface area contributed by atoms with Gasteiger partial charge in [0.05, 0.1) is 0 Å². The molecule has 0 amide bonds. The van der Waals surface area contributed by atoms with Crippen LogP contribution in [0.1, 0.15) is 0 Å². The van der Waals surface area contributed by atoms with Crippen LogP contribution in [-0.2, 0) is 20.1 Å². The van der Waals surface area contributed by atoms with Crippen molar-refractivity contribution in [1.29, 1.82) is 0 Å². The van der Waals surface area contributed by atoms with Crippen LogP contribution in [0.4, 0.5) is 0 Å². The molecule has 0 aliphatic rings. The standard InChI is InChI=1S/C65H42N5.Ir/c1-2-12-46(13-3-1)47-20-22-48(23-21-47)53-36-39-66-65(45-53)52-26-24-49(25-27-52)59-14-4-7-17-62(59)54-42-55(63-18-8-5-15-60(63)50-28-32-57(33-29-50)69-40-10-37-67-69)44-56(43-54)64-19-9-6-16-61(64)51-30-34-58(35-31-51)70-41-11-38-68-70;/h1-26,28-32,34,36-45H;/q-3;+3. The smallest absolute Gasteiger partial charge is 0.305 e. The predicted molar refractivity (Wildman–Crippen MR) is 284 cm³/mol. The second-order valence-electron chi connectivity index (χ2n) is 17.1. The molecule has 71 heavy (non-hydrogen) atoms. The van der Waals surface area contributed by atoms with Crippen LogP contribution >= 0.6 is 0 Å². The molecule has 5 nitrogen and oxygen atoms in total. The first-order chi connectivity index (χ1) is 34.7. The van der Waals surface area contributed by atoms with Crippen molar-refractivity contribution in [3.05, 3.63) is 274 Å². The molecular formula is C65H42IrN5. The Balaban J connectivity index is 0.00000547. The number of rotatable bonds is 11. The zero-order valence-corrected chi connectivity index (χ0v) is 40.7. The van der Waals surface area contributed by atoms with Crippen molar-refractivity contribution in [2.24, 2.45) is 0 Å². The summed E-state index contributed by atoms with van der Waals surface area (Å²) in [5.41, 5.74) is 21.5. The second-order valence-corrected chi connectivity index (χ2v) is 17.1. The average Bonchev–Trinajstić information content (AvgIpc) is 4.21. The van der Waals surface area contributed by atoms with E-state index in [-0.39, 0.29) is 20.1 Å². The van der Waals surface area contributed by atoms with Crippen LogP contribution in [-0.4, -0.2) is 24.5 Å². The molecule has 9 aromatic carbocycles. The molecular weight excluding hydrogens is 1040 g/mol. The van der Waals surface area contributed by atoms with Crippen LogP contribution < -0.4 is 0 Å². The van der Waals surface area contributed by atoms with Crippen LogP contribution in [0.15, 0.2) is 255 Å². The molecule has 0 saturated carbocycles. The molecule has 336 valence electrons. The quantitative estimate of drug-likeness (QED) is 0.121. The Kier molecular flexibility index (Phi) is 12.6. The third-order valence-corrected chi connectivity index (χ3v) is 12.8. The van der Waals surface area contributed by atoms with E-state index >= 15 is 0 Å². The molecule has 3 aromatic heterocycles. The normalized spacial score (nSPS) is 11.0. The molecule has 0 aliphatic carbocycles. The van der Waals surface area contributed by atoms with Gasteiger partial charge in [0.2, 0.25) is 0 Å². The van der Waals surface area contributed by atoms with Gasteiger partial charge in [-0.2, -0.15) is 46.6 Å². The largest absolute Gasteiger partial charge is 3.00 e. The van der Waals surface area contributed by atoms with Gasteiger partial charge in [0, 0.05) is 31.0 Å². The van der Waals surface area contributed by atoms with Crippen molar-refractivity contribution in [2.75, 3.05) is 0 Å². The summed E-state index contributed by atoms with van der Waals surface area (Å²) >= 11 is 0. The minimum atomic E-state index is 0. The summed E-state index contributed by atoms with van der Waals surface area (Å²) in [5.74, 6) is 0. The third-order valence-electron chi connectivity index (χ3n) is 12.8.